The van der Waals surface area contributed by atoms with Crippen molar-refractivity contribution in [2.45, 2.75) is 18.9 Å². The summed E-state index contributed by atoms with van der Waals surface area (Å²) in [5.74, 6) is 1.03. The number of rotatable bonds is 4. The zero-order valence-corrected chi connectivity index (χ0v) is 7.91. The van der Waals surface area contributed by atoms with E-state index in [-0.39, 0.29) is 11.9 Å². The molecule has 0 amide bonds. The maximum Gasteiger partial charge on any atom is 0.141 e. The molecule has 1 aromatic rings. The molecule has 1 saturated carbocycles. The summed E-state index contributed by atoms with van der Waals surface area (Å²) in [4.78, 5) is 3.89. The second-order valence-electron chi connectivity index (χ2n) is 3.74. The van der Waals surface area contributed by atoms with E-state index in [4.69, 9.17) is 5.73 Å². The summed E-state index contributed by atoms with van der Waals surface area (Å²) in [7, 11) is 0. The Hall–Kier alpha value is -1.16. The lowest BCUT2D eigenvalue weighted by Gasteiger charge is -2.11. The lowest BCUT2D eigenvalue weighted by Crippen LogP contribution is -2.31. The smallest absolute Gasteiger partial charge is 0.141 e. The van der Waals surface area contributed by atoms with Gasteiger partial charge in [0, 0.05) is 12.6 Å². The highest BCUT2D eigenvalue weighted by Gasteiger charge is 2.27. The van der Waals surface area contributed by atoms with Gasteiger partial charge in [-0.3, -0.25) is 0 Å². The predicted molar refractivity (Wildman–Crippen MR) is 53.4 cm³/mol. The van der Waals surface area contributed by atoms with Crippen LogP contribution in [0.25, 0.3) is 0 Å². The molecule has 1 atom stereocenters. The fourth-order valence-electron chi connectivity index (χ4n) is 1.39. The van der Waals surface area contributed by atoms with Gasteiger partial charge < -0.3 is 11.1 Å². The second kappa shape index (κ2) is 3.92. The first-order chi connectivity index (χ1) is 6.75. The molecule has 0 bridgehead atoms. The van der Waals surface area contributed by atoms with Gasteiger partial charge in [0.1, 0.15) is 11.6 Å². The van der Waals surface area contributed by atoms with Gasteiger partial charge in [-0.1, -0.05) is 0 Å². The molecule has 0 aromatic carbocycles. The summed E-state index contributed by atoms with van der Waals surface area (Å²) in [6.07, 6.45) is 3.67. The third kappa shape index (κ3) is 2.42. The van der Waals surface area contributed by atoms with Crippen molar-refractivity contribution in [1.29, 1.82) is 0 Å². The van der Waals surface area contributed by atoms with Gasteiger partial charge in [0.25, 0.3) is 0 Å². The van der Waals surface area contributed by atoms with E-state index in [9.17, 15) is 4.39 Å². The van der Waals surface area contributed by atoms with E-state index in [1.165, 1.54) is 25.1 Å². The Morgan fingerprint density at radius 2 is 2.36 bits per heavy atom. The average molecular weight is 195 g/mol. The van der Waals surface area contributed by atoms with Crippen molar-refractivity contribution < 1.29 is 4.39 Å². The summed E-state index contributed by atoms with van der Waals surface area (Å²) in [5.41, 5.74) is 5.89. The van der Waals surface area contributed by atoms with Crippen LogP contribution >= 0.6 is 0 Å². The van der Waals surface area contributed by atoms with Crippen LogP contribution in [0.4, 0.5) is 10.2 Å². The van der Waals surface area contributed by atoms with E-state index in [1.807, 2.05) is 0 Å². The number of anilines is 1. The van der Waals surface area contributed by atoms with Crippen LogP contribution in [-0.4, -0.2) is 17.6 Å². The highest BCUT2D eigenvalue weighted by Crippen LogP contribution is 2.31. The summed E-state index contributed by atoms with van der Waals surface area (Å²) < 4.78 is 12.5. The quantitative estimate of drug-likeness (QED) is 0.763. The Bertz CT molecular complexity index is 295. The van der Waals surface area contributed by atoms with Gasteiger partial charge in [-0.15, -0.1) is 0 Å². The maximum absolute atomic E-state index is 12.5. The molecule has 3 nitrogen and oxygen atoms in total. The minimum absolute atomic E-state index is 0.196. The molecule has 1 heterocycles. The molecule has 1 fully saturated rings. The Morgan fingerprint density at radius 3 is 2.93 bits per heavy atom. The lowest BCUT2D eigenvalue weighted by molar-refractivity contribution is 0.614. The van der Waals surface area contributed by atoms with E-state index in [1.54, 1.807) is 6.07 Å². The molecule has 1 aliphatic carbocycles. The molecular weight excluding hydrogens is 181 g/mol. The number of nitrogens with two attached hydrogens (primary N) is 1. The van der Waals surface area contributed by atoms with Crippen LogP contribution in [-0.2, 0) is 0 Å². The van der Waals surface area contributed by atoms with Gasteiger partial charge in [0.2, 0.25) is 0 Å². The third-order valence-corrected chi connectivity index (χ3v) is 2.47. The van der Waals surface area contributed by atoms with Crippen molar-refractivity contribution in [3.63, 3.8) is 0 Å². The summed E-state index contributed by atoms with van der Waals surface area (Å²) in [6, 6.07) is 3.20. The zero-order chi connectivity index (χ0) is 9.97. The first-order valence-corrected chi connectivity index (χ1v) is 4.87. The van der Waals surface area contributed by atoms with Crippen LogP contribution in [0, 0.1) is 11.7 Å². The molecule has 3 N–H and O–H groups in total. The van der Waals surface area contributed by atoms with Gasteiger partial charge in [-0.25, -0.2) is 9.37 Å². The highest BCUT2D eigenvalue weighted by molar-refractivity contribution is 5.33. The number of nitrogens with one attached hydrogen (secondary N) is 1. The van der Waals surface area contributed by atoms with Crippen molar-refractivity contribution in [1.82, 2.24) is 4.98 Å². The van der Waals surface area contributed by atoms with Crippen LogP contribution in [0.2, 0.25) is 0 Å². The molecule has 2 rings (SSSR count). The van der Waals surface area contributed by atoms with E-state index in [2.05, 4.69) is 10.3 Å². The normalized spacial score (nSPS) is 17.9. The lowest BCUT2D eigenvalue weighted by atomic mass is 10.2. The van der Waals surface area contributed by atoms with E-state index in [0.717, 1.165) is 0 Å². The number of aromatic nitrogens is 1. The van der Waals surface area contributed by atoms with Crippen molar-refractivity contribution >= 4 is 5.82 Å². The maximum atomic E-state index is 12.5. The molecule has 14 heavy (non-hydrogen) atoms. The summed E-state index contributed by atoms with van der Waals surface area (Å²) in [6.45, 7) is 0.712. The van der Waals surface area contributed by atoms with Gasteiger partial charge in [-0.05, 0) is 30.9 Å². The van der Waals surface area contributed by atoms with Crippen molar-refractivity contribution in [2.75, 3.05) is 11.9 Å². The standard InChI is InChI=1S/C10H14FN3/c11-8-3-4-10(13-5-8)14-6-9(12)7-1-2-7/h3-5,7,9H,1-2,6,12H2,(H,13,14). The number of nitrogens with zero attached hydrogens (tertiary/aromatic N) is 1. The van der Waals surface area contributed by atoms with Crippen molar-refractivity contribution in [3.8, 4) is 0 Å². The molecule has 0 saturated heterocycles. The molecular formula is C10H14FN3. The second-order valence-corrected chi connectivity index (χ2v) is 3.74. The largest absolute Gasteiger partial charge is 0.369 e. The summed E-state index contributed by atoms with van der Waals surface area (Å²) >= 11 is 0. The number of hydrogen-bond donors (Lipinski definition) is 2. The number of halogens is 1. The minimum atomic E-state index is -0.318. The van der Waals surface area contributed by atoms with Crippen LogP contribution in [0.1, 0.15) is 12.8 Å². The van der Waals surface area contributed by atoms with Gasteiger partial charge in [0.05, 0.1) is 6.20 Å². The molecule has 4 heteroatoms. The Morgan fingerprint density at radius 1 is 1.57 bits per heavy atom. The third-order valence-electron chi connectivity index (χ3n) is 2.47. The molecule has 0 spiro atoms. The predicted octanol–water partition coefficient (Wildman–Crippen LogP) is 1.37. The van der Waals surface area contributed by atoms with E-state index >= 15 is 0 Å². The molecule has 76 valence electrons. The van der Waals surface area contributed by atoms with E-state index < -0.39 is 0 Å². The van der Waals surface area contributed by atoms with Crippen LogP contribution in [0.15, 0.2) is 18.3 Å². The van der Waals surface area contributed by atoms with Gasteiger partial charge in [-0.2, -0.15) is 0 Å². The molecule has 1 unspecified atom stereocenters. The number of pyridine rings is 1. The Kier molecular flexibility index (Phi) is 2.63. The fraction of sp³-hybridized carbons (Fsp3) is 0.500. The highest BCUT2D eigenvalue weighted by atomic mass is 19.1. The fourth-order valence-corrected chi connectivity index (χ4v) is 1.39. The molecule has 0 aliphatic heterocycles. The molecule has 0 radical (unpaired) electrons. The van der Waals surface area contributed by atoms with Crippen LogP contribution in [0.5, 0.6) is 0 Å². The van der Waals surface area contributed by atoms with E-state index in [0.29, 0.717) is 18.3 Å². The average Bonchev–Trinajstić information content (AvgIpc) is 3.00. The summed E-state index contributed by atoms with van der Waals surface area (Å²) in [5, 5.41) is 3.09. The molecule has 1 aliphatic rings. The van der Waals surface area contributed by atoms with Crippen LogP contribution < -0.4 is 11.1 Å². The topological polar surface area (TPSA) is 50.9 Å². The molecule has 1 aromatic heterocycles. The first-order valence-electron chi connectivity index (χ1n) is 4.87. The minimum Gasteiger partial charge on any atom is -0.369 e. The van der Waals surface area contributed by atoms with Gasteiger partial charge in [0.15, 0.2) is 0 Å². The van der Waals surface area contributed by atoms with Crippen LogP contribution in [0.3, 0.4) is 0 Å². The van der Waals surface area contributed by atoms with Gasteiger partial charge >= 0.3 is 0 Å². The Labute approximate surface area is 82.5 Å². The zero-order valence-electron chi connectivity index (χ0n) is 7.91. The Balaban J connectivity index is 1.82. The number of hydrogen-bond acceptors (Lipinski definition) is 3. The first kappa shape index (κ1) is 9.40. The monoisotopic (exact) mass is 195 g/mol. The van der Waals surface area contributed by atoms with Crippen molar-refractivity contribution in [2.24, 2.45) is 11.7 Å². The SMILES string of the molecule is NC(CNc1ccc(F)cn1)C1CC1. The van der Waals surface area contributed by atoms with Crippen molar-refractivity contribution in [3.05, 3.63) is 24.1 Å².